The highest BCUT2D eigenvalue weighted by molar-refractivity contribution is 9.10. The van der Waals surface area contributed by atoms with Gasteiger partial charge in [0.25, 0.3) is 5.91 Å². The van der Waals surface area contributed by atoms with E-state index in [1.165, 1.54) is 16.9 Å². The lowest BCUT2D eigenvalue weighted by Gasteiger charge is -2.31. The average molecular weight is 433 g/mol. The minimum Gasteiger partial charge on any atom is -0.337 e. The van der Waals surface area contributed by atoms with Crippen molar-refractivity contribution in [3.63, 3.8) is 0 Å². The molecule has 0 radical (unpaired) electrons. The first kappa shape index (κ1) is 16.9. The molecular weight excluding hydrogens is 416 g/mol. The van der Waals surface area contributed by atoms with Crippen molar-refractivity contribution < 1.29 is 4.79 Å². The van der Waals surface area contributed by atoms with E-state index >= 15 is 0 Å². The Bertz CT molecular complexity index is 866. The van der Waals surface area contributed by atoms with Gasteiger partial charge in [0.2, 0.25) is 0 Å². The van der Waals surface area contributed by atoms with Crippen LogP contribution in [-0.4, -0.2) is 28.9 Å². The summed E-state index contributed by atoms with van der Waals surface area (Å²) in [6.45, 7) is 1.60. The molecule has 4 rings (SSSR count). The van der Waals surface area contributed by atoms with Crippen molar-refractivity contribution in [2.24, 2.45) is 0 Å². The number of hydrogen-bond donors (Lipinski definition) is 0. The Morgan fingerprint density at radius 2 is 1.88 bits per heavy atom. The number of likely N-dealkylation sites (tertiary alicyclic amines) is 1. The van der Waals surface area contributed by atoms with Crippen molar-refractivity contribution in [3.05, 3.63) is 62.9 Å². The quantitative estimate of drug-likeness (QED) is 0.535. The predicted octanol–water partition coefficient (Wildman–Crippen LogP) is 5.65. The summed E-state index contributed by atoms with van der Waals surface area (Å²) < 4.78 is 1.05. The van der Waals surface area contributed by atoms with Gasteiger partial charge in [-0.2, -0.15) is 0 Å². The molecule has 1 aliphatic heterocycles. The van der Waals surface area contributed by atoms with E-state index in [1.54, 1.807) is 11.3 Å². The van der Waals surface area contributed by atoms with Crippen LogP contribution in [0.5, 0.6) is 0 Å². The summed E-state index contributed by atoms with van der Waals surface area (Å²) in [7, 11) is 0. The first-order valence-electron chi connectivity index (χ1n) is 8.25. The second-order valence-electron chi connectivity index (χ2n) is 6.14. The van der Waals surface area contributed by atoms with Crippen LogP contribution < -0.4 is 0 Å². The minimum absolute atomic E-state index is 0.0598. The van der Waals surface area contributed by atoms with Crippen LogP contribution in [0, 0.1) is 0 Å². The summed E-state index contributed by atoms with van der Waals surface area (Å²) in [6.07, 6.45) is 2.04. The van der Waals surface area contributed by atoms with Crippen molar-refractivity contribution in [1.82, 2.24) is 9.88 Å². The number of amides is 1. The maximum absolute atomic E-state index is 12.8. The van der Waals surface area contributed by atoms with Gasteiger partial charge in [0.1, 0.15) is 10.7 Å². The zero-order valence-electron chi connectivity index (χ0n) is 13.5. The van der Waals surface area contributed by atoms with E-state index in [4.69, 9.17) is 0 Å². The number of piperidine rings is 1. The molecule has 6 heteroatoms. The van der Waals surface area contributed by atoms with E-state index in [1.807, 2.05) is 27.8 Å². The molecular formula is C19H17BrN2OS2. The molecule has 128 valence electrons. The lowest BCUT2D eigenvalue weighted by Crippen LogP contribution is -2.38. The third kappa shape index (κ3) is 3.71. The Balaban J connectivity index is 1.42. The van der Waals surface area contributed by atoms with Crippen LogP contribution in [0.3, 0.4) is 0 Å². The monoisotopic (exact) mass is 432 g/mol. The second kappa shape index (κ2) is 7.40. The number of hydrogen-bond acceptors (Lipinski definition) is 4. The van der Waals surface area contributed by atoms with Crippen LogP contribution in [0.25, 0.3) is 9.88 Å². The fraction of sp³-hybridized carbons (Fsp3) is 0.263. The third-order valence-corrected chi connectivity index (χ3v) is 7.26. The molecule has 0 N–H and O–H groups in total. The third-order valence-electron chi connectivity index (χ3n) is 4.55. The fourth-order valence-corrected chi connectivity index (χ4v) is 5.51. The predicted molar refractivity (Wildman–Crippen MR) is 107 cm³/mol. The summed E-state index contributed by atoms with van der Waals surface area (Å²) >= 11 is 6.64. The zero-order valence-corrected chi connectivity index (χ0v) is 16.7. The molecule has 1 aromatic carbocycles. The van der Waals surface area contributed by atoms with Crippen molar-refractivity contribution in [1.29, 1.82) is 0 Å². The minimum atomic E-state index is 0.0598. The summed E-state index contributed by atoms with van der Waals surface area (Å²) in [5, 5.41) is 4.83. The summed E-state index contributed by atoms with van der Waals surface area (Å²) in [4.78, 5) is 20.4. The van der Waals surface area contributed by atoms with Gasteiger partial charge < -0.3 is 4.90 Å². The number of thiazole rings is 1. The van der Waals surface area contributed by atoms with Gasteiger partial charge in [-0.15, -0.1) is 22.7 Å². The van der Waals surface area contributed by atoms with Crippen LogP contribution in [0.1, 0.15) is 34.8 Å². The van der Waals surface area contributed by atoms with Crippen molar-refractivity contribution in [3.8, 4) is 9.88 Å². The van der Waals surface area contributed by atoms with Crippen LogP contribution in [-0.2, 0) is 0 Å². The van der Waals surface area contributed by atoms with Crippen LogP contribution in [0.15, 0.2) is 51.6 Å². The number of rotatable bonds is 3. The van der Waals surface area contributed by atoms with E-state index in [0.717, 1.165) is 40.3 Å². The second-order valence-corrected chi connectivity index (χ2v) is 8.83. The maximum atomic E-state index is 12.8. The van der Waals surface area contributed by atoms with Crippen LogP contribution in [0.4, 0.5) is 0 Å². The van der Waals surface area contributed by atoms with Crippen molar-refractivity contribution in [2.45, 2.75) is 18.8 Å². The van der Waals surface area contributed by atoms with E-state index in [0.29, 0.717) is 11.6 Å². The lowest BCUT2D eigenvalue weighted by atomic mass is 9.89. The average Bonchev–Trinajstić information content (AvgIpc) is 3.31. The molecule has 3 nitrogen and oxygen atoms in total. The van der Waals surface area contributed by atoms with E-state index in [-0.39, 0.29) is 5.91 Å². The number of halogens is 1. The Hall–Kier alpha value is -1.50. The molecule has 2 aromatic heterocycles. The SMILES string of the molecule is O=C(c1csc(-c2cc(Br)cs2)n1)N1CCC(c2ccccc2)CC1. The van der Waals surface area contributed by atoms with Gasteiger partial charge in [0, 0.05) is 28.3 Å². The van der Waals surface area contributed by atoms with Gasteiger partial charge in [0.05, 0.1) is 4.88 Å². The highest BCUT2D eigenvalue weighted by atomic mass is 79.9. The maximum Gasteiger partial charge on any atom is 0.273 e. The number of benzene rings is 1. The number of carbonyl (C=O) groups is 1. The van der Waals surface area contributed by atoms with E-state index < -0.39 is 0 Å². The molecule has 0 aliphatic carbocycles. The molecule has 1 amide bonds. The summed E-state index contributed by atoms with van der Waals surface area (Å²) in [6, 6.07) is 12.7. The van der Waals surface area contributed by atoms with Gasteiger partial charge >= 0.3 is 0 Å². The molecule has 0 saturated carbocycles. The molecule has 0 spiro atoms. The highest BCUT2D eigenvalue weighted by Gasteiger charge is 2.26. The molecule has 3 aromatic rings. The summed E-state index contributed by atoms with van der Waals surface area (Å²) in [5.74, 6) is 0.615. The molecule has 0 unspecified atom stereocenters. The molecule has 0 atom stereocenters. The van der Waals surface area contributed by atoms with Crippen molar-refractivity contribution >= 4 is 44.5 Å². The van der Waals surface area contributed by atoms with E-state index in [2.05, 4.69) is 45.2 Å². The number of nitrogens with zero attached hydrogens (tertiary/aromatic N) is 2. The first-order valence-corrected chi connectivity index (χ1v) is 10.8. The fourth-order valence-electron chi connectivity index (χ4n) is 3.21. The summed E-state index contributed by atoms with van der Waals surface area (Å²) in [5.41, 5.74) is 1.96. The largest absolute Gasteiger partial charge is 0.337 e. The highest BCUT2D eigenvalue weighted by Crippen LogP contribution is 2.33. The van der Waals surface area contributed by atoms with Gasteiger partial charge in [-0.3, -0.25) is 4.79 Å². The topological polar surface area (TPSA) is 33.2 Å². The first-order chi connectivity index (χ1) is 12.2. The van der Waals surface area contributed by atoms with E-state index in [9.17, 15) is 4.79 Å². The Morgan fingerprint density at radius 1 is 1.12 bits per heavy atom. The Morgan fingerprint density at radius 3 is 2.56 bits per heavy atom. The van der Waals surface area contributed by atoms with Gasteiger partial charge in [0.15, 0.2) is 0 Å². The molecule has 1 fully saturated rings. The lowest BCUT2D eigenvalue weighted by molar-refractivity contribution is 0.0708. The van der Waals surface area contributed by atoms with Gasteiger partial charge in [-0.25, -0.2) is 4.98 Å². The zero-order chi connectivity index (χ0) is 17.2. The Kier molecular flexibility index (Phi) is 5.01. The van der Waals surface area contributed by atoms with Crippen LogP contribution in [0.2, 0.25) is 0 Å². The Labute approximate surface area is 163 Å². The molecule has 1 saturated heterocycles. The normalized spacial score (nSPS) is 15.5. The van der Waals surface area contributed by atoms with Gasteiger partial charge in [-0.1, -0.05) is 30.3 Å². The molecule has 1 aliphatic rings. The van der Waals surface area contributed by atoms with Crippen LogP contribution >= 0.6 is 38.6 Å². The number of thiophene rings is 1. The van der Waals surface area contributed by atoms with Crippen molar-refractivity contribution in [2.75, 3.05) is 13.1 Å². The molecule has 25 heavy (non-hydrogen) atoms. The van der Waals surface area contributed by atoms with Gasteiger partial charge in [-0.05, 0) is 46.3 Å². The smallest absolute Gasteiger partial charge is 0.273 e. The molecule has 0 bridgehead atoms. The number of aromatic nitrogens is 1. The standard InChI is InChI=1S/C19H17BrN2OS2/c20-15-10-17(24-11-15)18-21-16(12-25-18)19(23)22-8-6-14(7-9-22)13-4-2-1-3-5-13/h1-5,10-12,14H,6-9H2. The number of carbonyl (C=O) groups excluding carboxylic acids is 1. The molecule has 3 heterocycles.